The van der Waals surface area contributed by atoms with Gasteiger partial charge in [-0.1, -0.05) is 6.92 Å². The van der Waals surface area contributed by atoms with Crippen LogP contribution in [0, 0.1) is 6.92 Å². The third-order valence-electron chi connectivity index (χ3n) is 8.33. The van der Waals surface area contributed by atoms with Gasteiger partial charge in [-0.2, -0.15) is 0 Å². The van der Waals surface area contributed by atoms with E-state index in [2.05, 4.69) is 0 Å². The molecule has 0 amide bonds. The fourth-order valence-corrected chi connectivity index (χ4v) is 6.65. The highest BCUT2D eigenvalue weighted by molar-refractivity contribution is 6.11. The molecule has 3 aliphatic heterocycles. The van der Waals surface area contributed by atoms with Gasteiger partial charge in [0.2, 0.25) is 11.9 Å². The quantitative estimate of drug-likeness (QED) is 0.421. The van der Waals surface area contributed by atoms with Gasteiger partial charge in [0.1, 0.15) is 23.4 Å². The number of fused-ring (bicyclic) bond motifs is 6. The van der Waals surface area contributed by atoms with Gasteiger partial charge in [-0.05, 0) is 31.4 Å². The number of aliphatic hydroxyl groups is 2. The van der Waals surface area contributed by atoms with Gasteiger partial charge in [0.25, 0.3) is 11.6 Å². The summed E-state index contributed by atoms with van der Waals surface area (Å²) in [7, 11) is 4.22. The summed E-state index contributed by atoms with van der Waals surface area (Å²) >= 11 is 0. The molecule has 6 rings (SSSR count). The van der Waals surface area contributed by atoms with Crippen LogP contribution in [0.5, 0.6) is 17.2 Å². The highest BCUT2D eigenvalue weighted by atomic mass is 16.8. The zero-order valence-electron chi connectivity index (χ0n) is 20.8. The smallest absolute Gasteiger partial charge is 0.272 e. The number of rotatable bonds is 4. The molecule has 36 heavy (non-hydrogen) atoms. The second-order valence-electron chi connectivity index (χ2n) is 10.1. The molecule has 3 heterocycles. The largest absolute Gasteiger partial charge is 0.506 e. The number of Topliss-reactive ketones (excluding diaryl/α,β-unsaturated/α-hetero) is 1. The molecule has 0 radical (unpaired) electrons. The number of hydrogen-bond donors (Lipinski definition) is 3. The van der Waals surface area contributed by atoms with Gasteiger partial charge >= 0.3 is 0 Å². The highest BCUT2D eigenvalue weighted by Gasteiger charge is 2.87. The lowest BCUT2D eigenvalue weighted by Crippen LogP contribution is -2.64. The molecule has 2 fully saturated rings. The minimum absolute atomic E-state index is 0.0747. The zero-order chi connectivity index (χ0) is 25.8. The molecule has 3 unspecified atom stereocenters. The van der Waals surface area contributed by atoms with Crippen LogP contribution in [-0.4, -0.2) is 78.6 Å². The first kappa shape index (κ1) is 23.9. The second-order valence-corrected chi connectivity index (χ2v) is 10.1. The van der Waals surface area contributed by atoms with Gasteiger partial charge < -0.3 is 43.7 Å². The summed E-state index contributed by atoms with van der Waals surface area (Å²) < 4.78 is 34.4. The van der Waals surface area contributed by atoms with E-state index in [9.17, 15) is 20.1 Å². The lowest BCUT2D eigenvalue weighted by molar-refractivity contribution is -0.334. The first-order chi connectivity index (χ1) is 17.1. The summed E-state index contributed by atoms with van der Waals surface area (Å²) in [4.78, 5) is 12.9. The van der Waals surface area contributed by atoms with Crippen molar-refractivity contribution in [1.82, 2.24) is 0 Å². The van der Waals surface area contributed by atoms with Crippen molar-refractivity contribution >= 4 is 16.6 Å². The van der Waals surface area contributed by atoms with Crippen LogP contribution in [0.3, 0.4) is 0 Å². The van der Waals surface area contributed by atoms with Gasteiger partial charge in [-0.25, -0.2) is 0 Å². The normalized spacial score (nSPS) is 34.5. The van der Waals surface area contributed by atoms with Crippen LogP contribution in [0.25, 0.3) is 10.8 Å². The molecular weight excluding hydrogens is 472 g/mol. The average Bonchev–Trinajstić information content (AvgIpc) is 3.62. The van der Waals surface area contributed by atoms with Gasteiger partial charge in [0.05, 0.1) is 24.7 Å². The lowest BCUT2D eigenvalue weighted by atomic mass is 9.77. The van der Waals surface area contributed by atoms with Crippen LogP contribution in [0.4, 0.5) is 0 Å². The van der Waals surface area contributed by atoms with Crippen molar-refractivity contribution in [3.63, 3.8) is 0 Å². The highest BCUT2D eigenvalue weighted by Crippen LogP contribution is 2.64. The zero-order valence-corrected chi connectivity index (χ0v) is 20.8. The standard InChI is InChI=1S/C26H30O10/c1-11-9-14-18(19(28)17-13(20(14)31-3)7-6-8-15(17)27)21-16(11)12(2)22-25(29,35-21)24(10-34-24)26(30,36-22)23(32-4)33-5/h9,12,22-23,28-30H,6-8,10H2,1-5H3/t12?,22?,24-,25+,26?/m0/s1. The number of phenolic OH excluding ortho intramolecular Hbond substituents is 1. The van der Waals surface area contributed by atoms with Crippen molar-refractivity contribution in [2.24, 2.45) is 0 Å². The van der Waals surface area contributed by atoms with Crippen LogP contribution in [0.15, 0.2) is 6.07 Å². The Morgan fingerprint density at radius 1 is 1.17 bits per heavy atom. The number of aryl methyl sites for hydroxylation is 1. The van der Waals surface area contributed by atoms with E-state index in [0.29, 0.717) is 41.5 Å². The number of methoxy groups -OCH3 is 3. The third kappa shape index (κ3) is 2.59. The molecule has 3 N–H and O–H groups in total. The van der Waals surface area contributed by atoms with Gasteiger partial charge in [-0.15, -0.1) is 0 Å². The molecule has 5 atom stereocenters. The summed E-state index contributed by atoms with van der Waals surface area (Å²) in [5, 5.41) is 35.9. The van der Waals surface area contributed by atoms with Crippen molar-refractivity contribution in [3.05, 3.63) is 28.3 Å². The number of epoxide rings is 1. The first-order valence-electron chi connectivity index (χ1n) is 12.0. The monoisotopic (exact) mass is 502 g/mol. The Morgan fingerprint density at radius 3 is 2.47 bits per heavy atom. The topological polar surface area (TPSA) is 136 Å². The molecule has 194 valence electrons. The Hall–Kier alpha value is -2.47. The Morgan fingerprint density at radius 2 is 1.86 bits per heavy atom. The summed E-state index contributed by atoms with van der Waals surface area (Å²) in [5.41, 5.74) is 0.669. The fourth-order valence-electron chi connectivity index (χ4n) is 6.65. The van der Waals surface area contributed by atoms with Crippen molar-refractivity contribution < 1.29 is 48.5 Å². The number of phenols is 1. The van der Waals surface area contributed by atoms with Crippen LogP contribution in [0.2, 0.25) is 0 Å². The van der Waals surface area contributed by atoms with Crippen molar-refractivity contribution in [3.8, 4) is 17.2 Å². The van der Waals surface area contributed by atoms with Gasteiger partial charge in [0.15, 0.2) is 5.78 Å². The van der Waals surface area contributed by atoms with Crippen molar-refractivity contribution in [1.29, 1.82) is 0 Å². The Bertz CT molecular complexity index is 1300. The molecule has 2 saturated heterocycles. The van der Waals surface area contributed by atoms with E-state index in [-0.39, 0.29) is 34.8 Å². The molecular formula is C26H30O10. The summed E-state index contributed by atoms with van der Waals surface area (Å²) in [6, 6.07) is 1.88. The number of ether oxygens (including phenoxy) is 6. The van der Waals surface area contributed by atoms with Crippen LogP contribution in [-0.2, 0) is 25.4 Å². The van der Waals surface area contributed by atoms with E-state index in [1.54, 1.807) is 0 Å². The number of benzene rings is 2. The molecule has 10 heteroatoms. The molecule has 1 spiro atoms. The van der Waals surface area contributed by atoms with E-state index in [1.165, 1.54) is 21.3 Å². The van der Waals surface area contributed by atoms with Crippen LogP contribution < -0.4 is 9.47 Å². The molecule has 10 nitrogen and oxygen atoms in total. The summed E-state index contributed by atoms with van der Waals surface area (Å²) in [6.45, 7) is 3.65. The average molecular weight is 503 g/mol. The van der Waals surface area contributed by atoms with E-state index >= 15 is 0 Å². The lowest BCUT2D eigenvalue weighted by Gasteiger charge is -2.41. The van der Waals surface area contributed by atoms with E-state index in [0.717, 1.165) is 5.56 Å². The molecule has 4 aliphatic rings. The molecule has 0 aromatic heterocycles. The SMILES string of the molecule is COc1c2c(c(O)c3c4c(c(C)cc13)C(C)C1OC(O)(C(OC)OC)[C@]3(CO3)[C@]1(O)O4)C(=O)CCC2. The van der Waals surface area contributed by atoms with Crippen molar-refractivity contribution in [2.75, 3.05) is 27.9 Å². The first-order valence-corrected chi connectivity index (χ1v) is 12.0. The molecule has 1 aliphatic carbocycles. The number of carbonyl (C=O) groups is 1. The number of carbonyl (C=O) groups excluding carboxylic acids is 1. The van der Waals surface area contributed by atoms with Gasteiger partial charge in [-0.3, -0.25) is 4.79 Å². The fraction of sp³-hybridized carbons (Fsp3) is 0.577. The molecule has 2 aromatic carbocycles. The maximum Gasteiger partial charge on any atom is 0.272 e. The Kier molecular flexibility index (Phi) is 5.00. The minimum atomic E-state index is -2.18. The number of ketones is 1. The molecule has 2 aromatic rings. The molecule has 0 bridgehead atoms. The second kappa shape index (κ2) is 7.53. The maximum atomic E-state index is 12.9. The Labute approximate surface area is 207 Å². The summed E-state index contributed by atoms with van der Waals surface area (Å²) in [6.07, 6.45) is -0.739. The maximum absolute atomic E-state index is 12.9. The Balaban J connectivity index is 1.63. The third-order valence-corrected chi connectivity index (χ3v) is 8.33. The number of aromatic hydroxyl groups is 1. The van der Waals surface area contributed by atoms with Crippen LogP contribution >= 0.6 is 0 Å². The predicted octanol–water partition coefficient (Wildman–Crippen LogP) is 2.04. The summed E-state index contributed by atoms with van der Waals surface area (Å²) in [5.74, 6) is -4.52. The predicted molar refractivity (Wildman–Crippen MR) is 124 cm³/mol. The van der Waals surface area contributed by atoms with E-state index in [1.807, 2.05) is 19.9 Å². The van der Waals surface area contributed by atoms with E-state index < -0.39 is 35.5 Å². The van der Waals surface area contributed by atoms with Gasteiger partial charge in [0, 0.05) is 43.1 Å². The minimum Gasteiger partial charge on any atom is -0.506 e. The van der Waals surface area contributed by atoms with E-state index in [4.69, 9.17) is 28.4 Å². The van der Waals surface area contributed by atoms with Crippen molar-refractivity contribution in [2.45, 2.75) is 68.6 Å². The number of hydrogen-bond acceptors (Lipinski definition) is 10. The molecule has 0 saturated carbocycles. The van der Waals surface area contributed by atoms with Crippen LogP contribution in [0.1, 0.15) is 52.7 Å².